The normalized spacial score (nSPS) is 13.1. The molecule has 1 N–H and O–H groups in total. The van der Waals surface area contributed by atoms with E-state index in [2.05, 4.69) is 5.32 Å². The molecule has 23 heavy (non-hydrogen) atoms. The van der Waals surface area contributed by atoms with Crippen LogP contribution in [0.2, 0.25) is 0 Å². The van der Waals surface area contributed by atoms with Crippen LogP contribution < -0.4 is 10.2 Å². The van der Waals surface area contributed by atoms with E-state index in [0.29, 0.717) is 13.0 Å². The van der Waals surface area contributed by atoms with Crippen molar-refractivity contribution in [3.05, 3.63) is 60.7 Å². The number of carbonyl (C=O) groups excluding carboxylic acids is 1. The molecule has 2 atom stereocenters. The van der Waals surface area contributed by atoms with Gasteiger partial charge in [0.2, 0.25) is 0 Å². The van der Waals surface area contributed by atoms with Gasteiger partial charge in [0.05, 0.1) is 11.4 Å². The van der Waals surface area contributed by atoms with Crippen molar-refractivity contribution >= 4 is 28.2 Å². The standard InChI is InChI=1S/C18H22N2O2S/c1-15(23(2)22)13-14-19-18(21)20(16-9-5-3-6-10-16)17-11-7-4-8-12-17/h3-12,15H,13-14H2,1-2H3,(H,19,21)/t15-,23-/m1/s1. The molecule has 0 aliphatic carbocycles. The number of amides is 2. The molecule has 0 saturated carbocycles. The van der Waals surface area contributed by atoms with E-state index in [0.717, 1.165) is 11.4 Å². The number of rotatable bonds is 6. The third-order valence-corrected chi connectivity index (χ3v) is 4.99. The molecule has 4 nitrogen and oxygen atoms in total. The van der Waals surface area contributed by atoms with Crippen molar-refractivity contribution in [2.75, 3.05) is 17.7 Å². The zero-order valence-corrected chi connectivity index (χ0v) is 14.3. The number of benzene rings is 2. The highest BCUT2D eigenvalue weighted by atomic mass is 32.2. The van der Waals surface area contributed by atoms with Gasteiger partial charge in [0.15, 0.2) is 0 Å². The zero-order chi connectivity index (χ0) is 16.7. The van der Waals surface area contributed by atoms with E-state index in [4.69, 9.17) is 0 Å². The maximum absolute atomic E-state index is 12.6. The molecule has 0 spiro atoms. The molecule has 5 heteroatoms. The van der Waals surface area contributed by atoms with E-state index >= 15 is 0 Å². The summed E-state index contributed by atoms with van der Waals surface area (Å²) in [6, 6.07) is 18.9. The van der Waals surface area contributed by atoms with Crippen LogP contribution in [0.4, 0.5) is 16.2 Å². The monoisotopic (exact) mass is 330 g/mol. The molecule has 0 saturated heterocycles. The van der Waals surface area contributed by atoms with Crippen molar-refractivity contribution in [2.24, 2.45) is 0 Å². The topological polar surface area (TPSA) is 49.4 Å². The first-order valence-electron chi connectivity index (χ1n) is 7.60. The van der Waals surface area contributed by atoms with E-state index in [1.54, 1.807) is 11.2 Å². The van der Waals surface area contributed by atoms with Crippen LogP contribution in [0.15, 0.2) is 60.7 Å². The molecule has 0 bridgehead atoms. The minimum atomic E-state index is -0.873. The minimum absolute atomic E-state index is 0.0669. The Balaban J connectivity index is 2.12. The summed E-state index contributed by atoms with van der Waals surface area (Å²) < 4.78 is 11.4. The molecular weight excluding hydrogens is 308 g/mol. The second-order valence-electron chi connectivity index (χ2n) is 5.34. The molecule has 0 unspecified atom stereocenters. The Labute approximate surface area is 140 Å². The summed E-state index contributed by atoms with van der Waals surface area (Å²) in [5.74, 6) is 0. The smallest absolute Gasteiger partial charge is 0.326 e. The number of anilines is 2. The molecule has 2 aromatic carbocycles. The Morgan fingerprint density at radius 2 is 1.52 bits per heavy atom. The van der Waals surface area contributed by atoms with Gasteiger partial charge in [-0.25, -0.2) is 4.79 Å². The molecule has 0 aromatic heterocycles. The third-order valence-electron chi connectivity index (χ3n) is 3.63. The fraction of sp³-hybridized carbons (Fsp3) is 0.278. The summed E-state index contributed by atoms with van der Waals surface area (Å²) in [5, 5.41) is 2.98. The highest BCUT2D eigenvalue weighted by molar-refractivity contribution is 7.84. The van der Waals surface area contributed by atoms with Crippen LogP contribution in [0.1, 0.15) is 13.3 Å². The third kappa shape index (κ3) is 4.93. The number of carbonyl (C=O) groups is 1. The summed E-state index contributed by atoms with van der Waals surface area (Å²) >= 11 is 0. The largest absolute Gasteiger partial charge is 0.337 e. The van der Waals surface area contributed by atoms with Crippen molar-refractivity contribution in [3.63, 3.8) is 0 Å². The van der Waals surface area contributed by atoms with Gasteiger partial charge in [-0.05, 0) is 30.7 Å². The molecule has 2 amide bonds. The van der Waals surface area contributed by atoms with Crippen molar-refractivity contribution in [3.8, 4) is 0 Å². The van der Waals surface area contributed by atoms with Crippen molar-refractivity contribution in [1.82, 2.24) is 5.32 Å². The van der Waals surface area contributed by atoms with Crippen LogP contribution >= 0.6 is 0 Å². The molecular formula is C18H22N2O2S. The zero-order valence-electron chi connectivity index (χ0n) is 13.4. The van der Waals surface area contributed by atoms with Gasteiger partial charge in [-0.3, -0.25) is 9.11 Å². The van der Waals surface area contributed by atoms with Crippen LogP contribution in [0.5, 0.6) is 0 Å². The van der Waals surface area contributed by atoms with E-state index < -0.39 is 10.8 Å². The predicted octanol–water partition coefficient (Wildman–Crippen LogP) is 3.69. The van der Waals surface area contributed by atoms with Crippen LogP contribution in [0.3, 0.4) is 0 Å². The van der Waals surface area contributed by atoms with E-state index in [9.17, 15) is 9.00 Å². The SMILES string of the molecule is C[C@H](CCNC(=O)N(c1ccccc1)c1ccccc1)[S@@](C)=O. The van der Waals surface area contributed by atoms with E-state index in [1.165, 1.54) is 0 Å². The van der Waals surface area contributed by atoms with Gasteiger partial charge in [-0.1, -0.05) is 43.3 Å². The van der Waals surface area contributed by atoms with Gasteiger partial charge in [-0.2, -0.15) is 0 Å². The molecule has 2 rings (SSSR count). The Morgan fingerprint density at radius 3 is 1.96 bits per heavy atom. The summed E-state index contributed by atoms with van der Waals surface area (Å²) in [6.07, 6.45) is 2.37. The van der Waals surface area contributed by atoms with Gasteiger partial charge >= 0.3 is 6.03 Å². The minimum Gasteiger partial charge on any atom is -0.337 e. The quantitative estimate of drug-likeness (QED) is 0.878. The molecule has 0 fully saturated rings. The Morgan fingerprint density at radius 1 is 1.04 bits per heavy atom. The summed E-state index contributed by atoms with van der Waals surface area (Å²) in [4.78, 5) is 14.3. The second-order valence-corrected chi connectivity index (χ2v) is 7.14. The van der Waals surface area contributed by atoms with Gasteiger partial charge in [0.1, 0.15) is 0 Å². The highest BCUT2D eigenvalue weighted by Gasteiger charge is 2.17. The lowest BCUT2D eigenvalue weighted by Gasteiger charge is -2.23. The highest BCUT2D eigenvalue weighted by Crippen LogP contribution is 2.24. The average Bonchev–Trinajstić information content (AvgIpc) is 2.57. The lowest BCUT2D eigenvalue weighted by atomic mass is 10.2. The summed E-state index contributed by atoms with van der Waals surface area (Å²) in [5.41, 5.74) is 1.62. The number of nitrogens with zero attached hydrogens (tertiary/aromatic N) is 1. The van der Waals surface area contributed by atoms with Crippen LogP contribution in [-0.2, 0) is 10.8 Å². The summed E-state index contributed by atoms with van der Waals surface area (Å²) in [6.45, 7) is 2.42. The average molecular weight is 330 g/mol. The molecule has 0 aliphatic rings. The molecule has 0 heterocycles. The van der Waals surface area contributed by atoms with Crippen molar-refractivity contribution < 1.29 is 9.00 Å². The van der Waals surface area contributed by atoms with Gasteiger partial charge in [0.25, 0.3) is 0 Å². The Kier molecular flexibility index (Phi) is 6.35. The Hall–Kier alpha value is -2.14. The predicted molar refractivity (Wildman–Crippen MR) is 96.6 cm³/mol. The maximum atomic E-state index is 12.6. The lowest BCUT2D eigenvalue weighted by molar-refractivity contribution is 0.248. The number of hydrogen-bond acceptors (Lipinski definition) is 2. The lowest BCUT2D eigenvalue weighted by Crippen LogP contribution is -2.38. The Bertz CT molecular complexity index is 607. The first-order valence-corrected chi connectivity index (χ1v) is 9.22. The second kappa shape index (κ2) is 8.48. The molecule has 2 aromatic rings. The molecule has 0 aliphatic heterocycles. The van der Waals surface area contributed by atoms with E-state index in [-0.39, 0.29) is 11.3 Å². The van der Waals surface area contributed by atoms with Gasteiger partial charge in [-0.15, -0.1) is 0 Å². The van der Waals surface area contributed by atoms with Crippen LogP contribution in [-0.4, -0.2) is 28.3 Å². The van der Waals surface area contributed by atoms with Gasteiger partial charge in [0, 0.05) is 28.9 Å². The number of para-hydroxylation sites is 2. The fourth-order valence-electron chi connectivity index (χ4n) is 2.17. The van der Waals surface area contributed by atoms with Gasteiger partial charge < -0.3 is 5.32 Å². The van der Waals surface area contributed by atoms with Crippen molar-refractivity contribution in [2.45, 2.75) is 18.6 Å². The fourth-order valence-corrected chi connectivity index (χ4v) is 2.61. The molecule has 122 valence electrons. The summed E-state index contributed by atoms with van der Waals surface area (Å²) in [7, 11) is -0.873. The number of nitrogens with one attached hydrogen (secondary N) is 1. The molecule has 0 radical (unpaired) electrons. The van der Waals surface area contributed by atoms with Crippen LogP contribution in [0, 0.1) is 0 Å². The van der Waals surface area contributed by atoms with Crippen molar-refractivity contribution in [1.29, 1.82) is 0 Å². The first kappa shape index (κ1) is 17.2. The maximum Gasteiger partial charge on any atom is 0.326 e. The van der Waals surface area contributed by atoms with Crippen LogP contribution in [0.25, 0.3) is 0 Å². The first-order chi connectivity index (χ1) is 11.1. The van der Waals surface area contributed by atoms with E-state index in [1.807, 2.05) is 67.6 Å². The number of urea groups is 1. The number of hydrogen-bond donors (Lipinski definition) is 1.